The maximum absolute atomic E-state index is 13.2. The number of nitrogens with zero attached hydrogens (tertiary/aromatic N) is 3. The standard InChI is InChI=1S/C28H35N3O5/c1-3-36-28(35)22-13-15-30(16-14-22)25(32)19-29(2)26(33)21-11-17-31(18-12-21)27(34)24-10-6-8-20-7-4-5-9-23(20)24/h4-10,21-22H,3,11-19H2,1-2H3. The Labute approximate surface area is 212 Å². The fourth-order valence-corrected chi connectivity index (χ4v) is 5.23. The molecule has 0 spiro atoms. The summed E-state index contributed by atoms with van der Waals surface area (Å²) in [5.41, 5.74) is 0.687. The largest absolute Gasteiger partial charge is 0.466 e. The highest BCUT2D eigenvalue weighted by Gasteiger charge is 2.32. The molecule has 8 nitrogen and oxygen atoms in total. The van der Waals surface area contributed by atoms with Crippen LogP contribution in [-0.4, -0.2) is 84.8 Å². The predicted octanol–water partition coefficient (Wildman–Crippen LogP) is 2.95. The molecule has 0 aromatic heterocycles. The topological polar surface area (TPSA) is 87.2 Å². The molecule has 2 fully saturated rings. The minimum Gasteiger partial charge on any atom is -0.466 e. The fraction of sp³-hybridized carbons (Fsp3) is 0.500. The SMILES string of the molecule is CCOC(=O)C1CCN(C(=O)CN(C)C(=O)C2CCN(C(=O)c3cccc4ccccc34)CC2)CC1. The number of fused-ring (bicyclic) bond motifs is 1. The zero-order valence-corrected chi connectivity index (χ0v) is 21.2. The van der Waals surface area contributed by atoms with E-state index < -0.39 is 0 Å². The Morgan fingerprint density at radius 3 is 2.17 bits per heavy atom. The van der Waals surface area contributed by atoms with Gasteiger partial charge >= 0.3 is 5.97 Å². The summed E-state index contributed by atoms with van der Waals surface area (Å²) in [4.78, 5) is 56.0. The zero-order valence-electron chi connectivity index (χ0n) is 21.2. The van der Waals surface area contributed by atoms with Gasteiger partial charge < -0.3 is 19.4 Å². The summed E-state index contributed by atoms with van der Waals surface area (Å²) >= 11 is 0. The number of hydrogen-bond donors (Lipinski definition) is 0. The Balaban J connectivity index is 1.26. The second-order valence-corrected chi connectivity index (χ2v) is 9.69. The molecule has 2 saturated heterocycles. The fourth-order valence-electron chi connectivity index (χ4n) is 5.23. The molecule has 2 aliphatic rings. The van der Waals surface area contributed by atoms with E-state index in [1.807, 2.05) is 47.4 Å². The third kappa shape index (κ3) is 5.69. The summed E-state index contributed by atoms with van der Waals surface area (Å²) in [6, 6.07) is 13.6. The number of amides is 3. The molecule has 4 rings (SSSR count). The molecular formula is C28H35N3O5. The number of hydrogen-bond acceptors (Lipinski definition) is 5. The van der Waals surface area contributed by atoms with Crippen LogP contribution in [0.4, 0.5) is 0 Å². The van der Waals surface area contributed by atoms with Crippen molar-refractivity contribution in [1.82, 2.24) is 14.7 Å². The van der Waals surface area contributed by atoms with Gasteiger partial charge in [-0.2, -0.15) is 0 Å². The van der Waals surface area contributed by atoms with E-state index in [1.165, 1.54) is 4.90 Å². The Morgan fingerprint density at radius 2 is 1.47 bits per heavy atom. The zero-order chi connectivity index (χ0) is 25.7. The first kappa shape index (κ1) is 25.7. The quantitative estimate of drug-likeness (QED) is 0.578. The van der Waals surface area contributed by atoms with E-state index >= 15 is 0 Å². The monoisotopic (exact) mass is 493 g/mol. The summed E-state index contributed by atoms with van der Waals surface area (Å²) in [5.74, 6) is -0.711. The maximum atomic E-state index is 13.2. The summed E-state index contributed by atoms with van der Waals surface area (Å²) in [7, 11) is 1.67. The van der Waals surface area contributed by atoms with Gasteiger partial charge in [-0.3, -0.25) is 19.2 Å². The van der Waals surface area contributed by atoms with Crippen molar-refractivity contribution in [3.63, 3.8) is 0 Å². The van der Waals surface area contributed by atoms with Crippen LogP contribution in [0.3, 0.4) is 0 Å². The normalized spacial score (nSPS) is 17.2. The third-order valence-corrected chi connectivity index (χ3v) is 7.37. The molecule has 2 aromatic carbocycles. The molecule has 0 aliphatic carbocycles. The molecule has 2 aliphatic heterocycles. The van der Waals surface area contributed by atoms with Crippen molar-refractivity contribution in [3.8, 4) is 0 Å². The Bertz CT molecular complexity index is 1110. The number of rotatable bonds is 6. The number of piperidine rings is 2. The molecular weight excluding hydrogens is 458 g/mol. The van der Waals surface area contributed by atoms with Crippen molar-refractivity contribution in [1.29, 1.82) is 0 Å². The Hall–Kier alpha value is -3.42. The summed E-state index contributed by atoms with van der Waals surface area (Å²) in [6.07, 6.45) is 2.34. The second-order valence-electron chi connectivity index (χ2n) is 9.69. The van der Waals surface area contributed by atoms with Gasteiger partial charge in [0.2, 0.25) is 11.8 Å². The minimum atomic E-state index is -0.200. The lowest BCUT2D eigenvalue weighted by molar-refractivity contribution is -0.151. The lowest BCUT2D eigenvalue weighted by atomic mass is 9.94. The molecule has 0 unspecified atom stereocenters. The van der Waals surface area contributed by atoms with Gasteiger partial charge in [0.05, 0.1) is 19.1 Å². The van der Waals surface area contributed by atoms with Crippen molar-refractivity contribution in [3.05, 3.63) is 48.0 Å². The van der Waals surface area contributed by atoms with Gasteiger partial charge in [-0.05, 0) is 49.4 Å². The molecule has 3 amide bonds. The van der Waals surface area contributed by atoms with Crippen LogP contribution in [-0.2, 0) is 19.1 Å². The molecule has 36 heavy (non-hydrogen) atoms. The van der Waals surface area contributed by atoms with Crippen LogP contribution in [0.2, 0.25) is 0 Å². The number of carbonyl (C=O) groups is 4. The van der Waals surface area contributed by atoms with Crippen molar-refractivity contribution >= 4 is 34.5 Å². The predicted molar refractivity (Wildman–Crippen MR) is 136 cm³/mol. The average Bonchev–Trinajstić information content (AvgIpc) is 2.92. The first-order chi connectivity index (χ1) is 17.4. The highest BCUT2D eigenvalue weighted by atomic mass is 16.5. The van der Waals surface area contributed by atoms with Gasteiger partial charge in [-0.15, -0.1) is 0 Å². The van der Waals surface area contributed by atoms with Gasteiger partial charge in [-0.1, -0.05) is 36.4 Å². The van der Waals surface area contributed by atoms with E-state index in [2.05, 4.69) is 0 Å². The second kappa shape index (κ2) is 11.5. The highest BCUT2D eigenvalue weighted by Crippen LogP contribution is 2.25. The van der Waals surface area contributed by atoms with Gasteiger partial charge in [0.15, 0.2) is 0 Å². The van der Waals surface area contributed by atoms with E-state index in [-0.39, 0.29) is 42.1 Å². The molecule has 0 bridgehead atoms. The number of carbonyl (C=O) groups excluding carboxylic acids is 4. The smallest absolute Gasteiger partial charge is 0.309 e. The summed E-state index contributed by atoms with van der Waals surface area (Å²) in [5, 5.41) is 1.97. The van der Waals surface area contributed by atoms with Crippen LogP contribution in [0.15, 0.2) is 42.5 Å². The molecule has 0 atom stereocenters. The first-order valence-electron chi connectivity index (χ1n) is 12.9. The van der Waals surface area contributed by atoms with Crippen LogP contribution in [0.5, 0.6) is 0 Å². The number of esters is 1. The van der Waals surface area contributed by atoms with Crippen molar-refractivity contribution in [2.24, 2.45) is 11.8 Å². The van der Waals surface area contributed by atoms with E-state index in [1.54, 1.807) is 18.9 Å². The number of likely N-dealkylation sites (N-methyl/N-ethyl adjacent to an activating group) is 1. The Kier molecular flexibility index (Phi) is 8.23. The lowest BCUT2D eigenvalue weighted by Gasteiger charge is -2.35. The third-order valence-electron chi connectivity index (χ3n) is 7.37. The van der Waals surface area contributed by atoms with E-state index in [4.69, 9.17) is 4.74 Å². The van der Waals surface area contributed by atoms with Crippen molar-refractivity contribution in [2.45, 2.75) is 32.6 Å². The van der Waals surface area contributed by atoms with E-state index in [0.717, 1.165) is 10.8 Å². The molecule has 0 radical (unpaired) electrons. The van der Waals surface area contributed by atoms with E-state index in [0.29, 0.717) is 64.0 Å². The first-order valence-corrected chi connectivity index (χ1v) is 12.9. The number of ether oxygens (including phenoxy) is 1. The molecule has 0 saturated carbocycles. The van der Waals surface area contributed by atoms with Gasteiger partial charge in [0.25, 0.3) is 5.91 Å². The molecule has 0 N–H and O–H groups in total. The maximum Gasteiger partial charge on any atom is 0.309 e. The van der Waals surface area contributed by atoms with E-state index in [9.17, 15) is 19.2 Å². The van der Waals surface area contributed by atoms with Gasteiger partial charge in [0.1, 0.15) is 0 Å². The number of likely N-dealkylation sites (tertiary alicyclic amines) is 2. The van der Waals surface area contributed by atoms with Crippen LogP contribution in [0, 0.1) is 11.8 Å². The van der Waals surface area contributed by atoms with Crippen molar-refractivity contribution in [2.75, 3.05) is 46.4 Å². The highest BCUT2D eigenvalue weighted by molar-refractivity contribution is 6.07. The molecule has 192 valence electrons. The number of benzene rings is 2. The van der Waals surface area contributed by atoms with Crippen molar-refractivity contribution < 1.29 is 23.9 Å². The van der Waals surface area contributed by atoms with Gasteiger partial charge in [0, 0.05) is 44.7 Å². The average molecular weight is 494 g/mol. The van der Waals surface area contributed by atoms with Crippen LogP contribution < -0.4 is 0 Å². The van der Waals surface area contributed by atoms with Crippen LogP contribution in [0.1, 0.15) is 43.0 Å². The summed E-state index contributed by atoms with van der Waals surface area (Å²) < 4.78 is 5.09. The Morgan fingerprint density at radius 1 is 0.861 bits per heavy atom. The molecule has 2 aromatic rings. The lowest BCUT2D eigenvalue weighted by Crippen LogP contribution is -2.48. The van der Waals surface area contributed by atoms with Gasteiger partial charge in [-0.25, -0.2) is 0 Å². The van der Waals surface area contributed by atoms with Crippen LogP contribution in [0.25, 0.3) is 10.8 Å². The molecule has 2 heterocycles. The summed E-state index contributed by atoms with van der Waals surface area (Å²) in [6.45, 7) is 4.20. The minimum absolute atomic E-state index is 0.00699. The molecule has 8 heteroatoms. The van der Waals surface area contributed by atoms with Crippen LogP contribution >= 0.6 is 0 Å².